The molecule has 0 bridgehead atoms. The van der Waals surface area contributed by atoms with Gasteiger partial charge >= 0.3 is 0 Å². The minimum Gasteiger partial charge on any atom is -0.309 e. The van der Waals surface area contributed by atoms with E-state index in [4.69, 9.17) is 0 Å². The van der Waals surface area contributed by atoms with Crippen LogP contribution >= 0.6 is 15.9 Å². The van der Waals surface area contributed by atoms with E-state index in [-0.39, 0.29) is 5.91 Å². The fourth-order valence-corrected chi connectivity index (χ4v) is 1.69. The van der Waals surface area contributed by atoms with Gasteiger partial charge in [-0.15, -0.1) is 0 Å². The standard InChI is InChI=1S/C10H11BrN4O/c1-2-3-10(16)14-8-6-15-5-7(11)12-4-9(15)13-8/h4-6H,2-3H2,1H3,(H,14,16). The number of nitrogens with zero attached hydrogens (tertiary/aromatic N) is 3. The lowest BCUT2D eigenvalue weighted by Gasteiger charge is -1.97. The monoisotopic (exact) mass is 282 g/mol. The van der Waals surface area contributed by atoms with Crippen molar-refractivity contribution in [3.05, 3.63) is 23.2 Å². The molecular weight excluding hydrogens is 272 g/mol. The molecule has 2 aromatic heterocycles. The summed E-state index contributed by atoms with van der Waals surface area (Å²) in [6.45, 7) is 1.96. The summed E-state index contributed by atoms with van der Waals surface area (Å²) in [6.07, 6.45) is 6.52. The van der Waals surface area contributed by atoms with E-state index in [2.05, 4.69) is 31.2 Å². The molecule has 0 saturated heterocycles. The van der Waals surface area contributed by atoms with E-state index >= 15 is 0 Å². The number of anilines is 1. The molecule has 0 aliphatic heterocycles. The average Bonchev–Trinajstić information content (AvgIpc) is 2.59. The van der Waals surface area contributed by atoms with E-state index < -0.39 is 0 Å². The van der Waals surface area contributed by atoms with Crippen LogP contribution in [0.1, 0.15) is 19.8 Å². The smallest absolute Gasteiger partial charge is 0.225 e. The third-order valence-electron chi connectivity index (χ3n) is 2.05. The lowest BCUT2D eigenvalue weighted by atomic mass is 10.3. The van der Waals surface area contributed by atoms with Gasteiger partial charge in [-0.1, -0.05) is 6.92 Å². The highest BCUT2D eigenvalue weighted by atomic mass is 79.9. The second kappa shape index (κ2) is 4.61. The van der Waals surface area contributed by atoms with Crippen molar-refractivity contribution in [1.29, 1.82) is 0 Å². The normalized spacial score (nSPS) is 10.6. The van der Waals surface area contributed by atoms with Crippen LogP contribution in [0.2, 0.25) is 0 Å². The molecule has 0 radical (unpaired) electrons. The van der Waals surface area contributed by atoms with Gasteiger partial charge in [0, 0.05) is 12.6 Å². The van der Waals surface area contributed by atoms with Crippen molar-refractivity contribution in [1.82, 2.24) is 14.4 Å². The maximum absolute atomic E-state index is 11.4. The Morgan fingerprint density at radius 2 is 2.38 bits per heavy atom. The molecule has 84 valence electrons. The Balaban J connectivity index is 2.23. The Bertz CT molecular complexity index is 523. The van der Waals surface area contributed by atoms with Gasteiger partial charge in [-0.2, -0.15) is 0 Å². The Kier molecular flexibility index (Phi) is 3.19. The Labute approximate surface area is 101 Å². The molecule has 5 nitrogen and oxygen atoms in total. The number of fused-ring (bicyclic) bond motifs is 1. The minimum atomic E-state index is -0.0158. The van der Waals surface area contributed by atoms with E-state index in [1.54, 1.807) is 23.0 Å². The summed E-state index contributed by atoms with van der Waals surface area (Å²) >= 11 is 3.27. The largest absolute Gasteiger partial charge is 0.309 e. The highest BCUT2D eigenvalue weighted by molar-refractivity contribution is 9.10. The zero-order chi connectivity index (χ0) is 11.5. The third kappa shape index (κ3) is 2.38. The molecule has 0 spiro atoms. The van der Waals surface area contributed by atoms with Crippen molar-refractivity contribution in [3.63, 3.8) is 0 Å². The maximum Gasteiger partial charge on any atom is 0.225 e. The first-order valence-corrected chi connectivity index (χ1v) is 5.78. The lowest BCUT2D eigenvalue weighted by molar-refractivity contribution is -0.116. The number of imidazole rings is 1. The van der Waals surface area contributed by atoms with Gasteiger partial charge < -0.3 is 9.72 Å². The van der Waals surface area contributed by atoms with Gasteiger partial charge in [0.15, 0.2) is 11.5 Å². The Morgan fingerprint density at radius 3 is 3.12 bits per heavy atom. The van der Waals surface area contributed by atoms with Crippen molar-refractivity contribution in [2.45, 2.75) is 19.8 Å². The molecule has 16 heavy (non-hydrogen) atoms. The van der Waals surface area contributed by atoms with Crippen molar-refractivity contribution in [3.8, 4) is 0 Å². The number of aromatic nitrogens is 3. The van der Waals surface area contributed by atoms with Crippen molar-refractivity contribution >= 4 is 33.3 Å². The highest BCUT2D eigenvalue weighted by Gasteiger charge is 2.05. The van der Waals surface area contributed by atoms with Gasteiger partial charge in [-0.05, 0) is 22.4 Å². The van der Waals surface area contributed by atoms with E-state index in [0.29, 0.717) is 17.9 Å². The summed E-state index contributed by atoms with van der Waals surface area (Å²) < 4.78 is 2.53. The Hall–Kier alpha value is -1.43. The average molecular weight is 283 g/mol. The van der Waals surface area contributed by atoms with Crippen LogP contribution in [0.15, 0.2) is 23.2 Å². The molecule has 0 atom stereocenters. The predicted molar refractivity (Wildman–Crippen MR) is 64.2 cm³/mol. The van der Waals surface area contributed by atoms with E-state index in [9.17, 15) is 4.79 Å². The topological polar surface area (TPSA) is 59.3 Å². The van der Waals surface area contributed by atoms with Crippen LogP contribution < -0.4 is 5.32 Å². The first-order chi connectivity index (χ1) is 7.69. The van der Waals surface area contributed by atoms with Crippen LogP contribution in [-0.2, 0) is 4.79 Å². The van der Waals surface area contributed by atoms with Gasteiger partial charge in [-0.3, -0.25) is 4.79 Å². The molecule has 0 unspecified atom stereocenters. The quantitative estimate of drug-likeness (QED) is 0.939. The van der Waals surface area contributed by atoms with Gasteiger partial charge in [-0.25, -0.2) is 9.97 Å². The summed E-state index contributed by atoms with van der Waals surface area (Å²) in [4.78, 5) is 19.7. The molecule has 0 aliphatic carbocycles. The fourth-order valence-electron chi connectivity index (χ4n) is 1.37. The molecule has 1 amide bonds. The second-order valence-corrected chi connectivity index (χ2v) is 4.21. The van der Waals surface area contributed by atoms with E-state index in [0.717, 1.165) is 11.0 Å². The van der Waals surface area contributed by atoms with Gasteiger partial charge in [0.1, 0.15) is 4.60 Å². The van der Waals surface area contributed by atoms with Crippen LogP contribution in [-0.4, -0.2) is 20.3 Å². The number of carbonyl (C=O) groups is 1. The summed E-state index contributed by atoms with van der Waals surface area (Å²) in [5.74, 6) is 0.538. The number of hydrogen-bond acceptors (Lipinski definition) is 3. The van der Waals surface area contributed by atoms with Crippen LogP contribution in [0.3, 0.4) is 0 Å². The molecule has 2 heterocycles. The Morgan fingerprint density at radius 1 is 1.56 bits per heavy atom. The van der Waals surface area contributed by atoms with Gasteiger partial charge in [0.2, 0.25) is 5.91 Å². The number of rotatable bonds is 3. The zero-order valence-corrected chi connectivity index (χ0v) is 10.4. The second-order valence-electron chi connectivity index (χ2n) is 3.40. The number of nitrogens with one attached hydrogen (secondary N) is 1. The molecule has 0 aliphatic rings. The molecular formula is C10H11BrN4O. The zero-order valence-electron chi connectivity index (χ0n) is 8.77. The molecule has 0 aromatic carbocycles. The molecule has 1 N–H and O–H groups in total. The van der Waals surface area contributed by atoms with Crippen LogP contribution in [0.4, 0.5) is 5.82 Å². The first-order valence-electron chi connectivity index (χ1n) is 4.99. The van der Waals surface area contributed by atoms with Crippen molar-refractivity contribution in [2.75, 3.05) is 5.32 Å². The molecule has 6 heteroatoms. The SMILES string of the molecule is CCCC(=O)Nc1cn2cc(Br)ncc2n1. The minimum absolute atomic E-state index is 0.0158. The fraction of sp³-hybridized carbons (Fsp3) is 0.300. The third-order valence-corrected chi connectivity index (χ3v) is 2.46. The van der Waals surface area contributed by atoms with Crippen LogP contribution in [0.25, 0.3) is 5.65 Å². The lowest BCUT2D eigenvalue weighted by Crippen LogP contribution is -2.10. The molecule has 0 fully saturated rings. The van der Waals surface area contributed by atoms with Gasteiger partial charge in [0.25, 0.3) is 0 Å². The summed E-state index contributed by atoms with van der Waals surface area (Å²) in [6, 6.07) is 0. The highest BCUT2D eigenvalue weighted by Crippen LogP contribution is 2.12. The summed E-state index contributed by atoms with van der Waals surface area (Å²) in [7, 11) is 0. The molecule has 2 aromatic rings. The number of halogens is 1. The predicted octanol–water partition coefficient (Wildman–Crippen LogP) is 2.23. The number of carbonyl (C=O) groups excluding carboxylic acids is 1. The maximum atomic E-state index is 11.4. The van der Waals surface area contributed by atoms with E-state index in [1.165, 1.54) is 0 Å². The number of amides is 1. The summed E-state index contributed by atoms with van der Waals surface area (Å²) in [5, 5.41) is 2.74. The van der Waals surface area contributed by atoms with E-state index in [1.807, 2.05) is 6.92 Å². The van der Waals surface area contributed by atoms with Crippen LogP contribution in [0.5, 0.6) is 0 Å². The molecule has 0 saturated carbocycles. The first kappa shape index (κ1) is 11.1. The molecule has 2 rings (SSSR count). The van der Waals surface area contributed by atoms with Crippen molar-refractivity contribution in [2.24, 2.45) is 0 Å². The number of hydrogen-bond donors (Lipinski definition) is 1. The van der Waals surface area contributed by atoms with Crippen LogP contribution in [0, 0.1) is 0 Å². The van der Waals surface area contributed by atoms with Gasteiger partial charge in [0.05, 0.1) is 12.4 Å². The van der Waals surface area contributed by atoms with Crippen molar-refractivity contribution < 1.29 is 4.79 Å². The summed E-state index contributed by atoms with van der Waals surface area (Å²) in [5.41, 5.74) is 0.704.